The van der Waals surface area contributed by atoms with Crippen molar-refractivity contribution < 1.29 is 23.5 Å². The fourth-order valence-electron chi connectivity index (χ4n) is 2.55. The van der Waals surface area contributed by atoms with E-state index in [-0.39, 0.29) is 18.8 Å². The van der Waals surface area contributed by atoms with Crippen molar-refractivity contribution in [3.8, 4) is 0 Å². The van der Waals surface area contributed by atoms with E-state index in [1.165, 1.54) is 18.2 Å². The highest BCUT2D eigenvalue weighted by molar-refractivity contribution is 6.30. The van der Waals surface area contributed by atoms with E-state index < -0.39 is 17.7 Å². The number of hydrogen-bond donors (Lipinski definition) is 1. The normalized spacial score (nSPS) is 10.5. The first-order valence-electron chi connectivity index (χ1n) is 8.39. The number of esters is 1. The van der Waals surface area contributed by atoms with Gasteiger partial charge in [-0.05, 0) is 37.3 Å². The average Bonchev–Trinajstić information content (AvgIpc) is 2.65. The van der Waals surface area contributed by atoms with Gasteiger partial charge in [-0.1, -0.05) is 17.7 Å². The van der Waals surface area contributed by atoms with Crippen LogP contribution in [0.5, 0.6) is 0 Å². The number of hydrogen-bond acceptors (Lipinski definition) is 6. The monoisotopic (exact) mass is 401 g/mol. The molecule has 3 aromatic rings. The Morgan fingerprint density at radius 3 is 2.68 bits per heavy atom. The molecular formula is C20H16ClNO6. The summed E-state index contributed by atoms with van der Waals surface area (Å²) in [5, 5.41) is 3.53. The van der Waals surface area contributed by atoms with Gasteiger partial charge in [-0.3, -0.25) is 5.32 Å². The number of carbonyl (C=O) groups excluding carboxylic acids is 2. The number of amides is 1. The zero-order valence-electron chi connectivity index (χ0n) is 14.9. The van der Waals surface area contributed by atoms with Crippen LogP contribution in [-0.4, -0.2) is 18.7 Å². The number of ether oxygens (including phenoxy) is 2. The molecule has 144 valence electrons. The molecule has 28 heavy (non-hydrogen) atoms. The lowest BCUT2D eigenvalue weighted by atomic mass is 10.1. The predicted octanol–water partition coefficient (Wildman–Crippen LogP) is 4.37. The fourth-order valence-corrected chi connectivity index (χ4v) is 2.74. The van der Waals surface area contributed by atoms with Crippen LogP contribution in [0.2, 0.25) is 5.02 Å². The maximum atomic E-state index is 12.2. The fraction of sp³-hybridized carbons (Fsp3) is 0.150. The zero-order valence-corrected chi connectivity index (χ0v) is 15.6. The van der Waals surface area contributed by atoms with Crippen molar-refractivity contribution in [2.75, 3.05) is 11.9 Å². The molecule has 0 aliphatic heterocycles. The quantitative estimate of drug-likeness (QED) is 0.503. The summed E-state index contributed by atoms with van der Waals surface area (Å²) in [7, 11) is 0. The molecule has 0 saturated heterocycles. The molecule has 0 spiro atoms. The molecule has 0 radical (unpaired) electrons. The van der Waals surface area contributed by atoms with Gasteiger partial charge in [0.1, 0.15) is 12.2 Å². The summed E-state index contributed by atoms with van der Waals surface area (Å²) >= 11 is 5.88. The van der Waals surface area contributed by atoms with E-state index in [0.717, 1.165) is 0 Å². The molecule has 0 aliphatic rings. The largest absolute Gasteiger partial charge is 0.457 e. The van der Waals surface area contributed by atoms with Gasteiger partial charge in [0.15, 0.2) is 0 Å². The van der Waals surface area contributed by atoms with E-state index in [0.29, 0.717) is 27.2 Å². The summed E-state index contributed by atoms with van der Waals surface area (Å²) in [5.41, 5.74) is 0.831. The Labute approximate surface area is 164 Å². The SMILES string of the molecule is CCOC(=O)Nc1ccc2c(COC(=O)c3cccc(Cl)c3)cc(=O)oc2c1. The van der Waals surface area contributed by atoms with Crippen LogP contribution in [0.1, 0.15) is 22.8 Å². The molecule has 2 aromatic carbocycles. The van der Waals surface area contributed by atoms with E-state index in [2.05, 4.69) is 5.32 Å². The Kier molecular flexibility index (Phi) is 5.96. The van der Waals surface area contributed by atoms with Gasteiger partial charge in [0.2, 0.25) is 0 Å². The van der Waals surface area contributed by atoms with E-state index in [1.807, 2.05) is 0 Å². The minimum Gasteiger partial charge on any atom is -0.457 e. The molecule has 1 amide bonds. The van der Waals surface area contributed by atoms with Crippen molar-refractivity contribution in [1.82, 2.24) is 0 Å². The van der Waals surface area contributed by atoms with Crippen molar-refractivity contribution in [2.24, 2.45) is 0 Å². The lowest BCUT2D eigenvalue weighted by Gasteiger charge is -2.09. The Bertz CT molecular complexity index is 1090. The minimum atomic E-state index is -0.615. The number of carbonyl (C=O) groups is 2. The van der Waals surface area contributed by atoms with Crippen LogP contribution in [0.25, 0.3) is 11.0 Å². The maximum absolute atomic E-state index is 12.2. The van der Waals surface area contributed by atoms with Crippen molar-refractivity contribution in [1.29, 1.82) is 0 Å². The van der Waals surface area contributed by atoms with Gasteiger partial charge in [0.05, 0.1) is 12.2 Å². The number of nitrogens with one attached hydrogen (secondary N) is 1. The number of rotatable bonds is 5. The Morgan fingerprint density at radius 2 is 1.93 bits per heavy atom. The third-order valence-corrected chi connectivity index (χ3v) is 4.01. The van der Waals surface area contributed by atoms with Crippen LogP contribution in [0, 0.1) is 0 Å². The number of fused-ring (bicyclic) bond motifs is 1. The molecule has 1 N–H and O–H groups in total. The molecule has 8 heteroatoms. The van der Waals surface area contributed by atoms with Crippen LogP contribution < -0.4 is 10.9 Å². The summed E-state index contributed by atoms with van der Waals surface area (Å²) in [6.45, 7) is 1.80. The van der Waals surface area contributed by atoms with Gasteiger partial charge in [-0.25, -0.2) is 14.4 Å². The summed E-state index contributed by atoms with van der Waals surface area (Å²) in [6, 6.07) is 12.4. The van der Waals surface area contributed by atoms with E-state index >= 15 is 0 Å². The topological polar surface area (TPSA) is 94.8 Å². The molecule has 0 atom stereocenters. The van der Waals surface area contributed by atoms with Crippen molar-refractivity contribution in [2.45, 2.75) is 13.5 Å². The van der Waals surface area contributed by atoms with Gasteiger partial charge in [0, 0.05) is 33.8 Å². The first kappa shape index (κ1) is 19.4. The van der Waals surface area contributed by atoms with Gasteiger partial charge in [0.25, 0.3) is 0 Å². The van der Waals surface area contributed by atoms with E-state index in [4.69, 9.17) is 25.5 Å². The zero-order chi connectivity index (χ0) is 20.1. The summed E-state index contributed by atoms with van der Waals surface area (Å²) in [5.74, 6) is -0.565. The summed E-state index contributed by atoms with van der Waals surface area (Å²) < 4.78 is 15.3. The molecule has 1 heterocycles. The van der Waals surface area contributed by atoms with E-state index in [1.54, 1.807) is 37.3 Å². The highest BCUT2D eigenvalue weighted by atomic mass is 35.5. The van der Waals surface area contributed by atoms with Crippen molar-refractivity contribution in [3.63, 3.8) is 0 Å². The summed E-state index contributed by atoms with van der Waals surface area (Å²) in [4.78, 5) is 35.6. The summed E-state index contributed by atoms with van der Waals surface area (Å²) in [6.07, 6.45) is -0.615. The molecule has 0 fully saturated rings. The minimum absolute atomic E-state index is 0.127. The average molecular weight is 402 g/mol. The van der Waals surface area contributed by atoms with E-state index in [9.17, 15) is 14.4 Å². The van der Waals surface area contributed by atoms with Gasteiger partial charge in [-0.15, -0.1) is 0 Å². The van der Waals surface area contributed by atoms with Crippen LogP contribution in [0.3, 0.4) is 0 Å². The third kappa shape index (κ3) is 4.69. The van der Waals surface area contributed by atoms with Crippen LogP contribution in [0.15, 0.2) is 57.7 Å². The van der Waals surface area contributed by atoms with Crippen LogP contribution >= 0.6 is 11.6 Å². The molecular weight excluding hydrogens is 386 g/mol. The Hall–Kier alpha value is -3.32. The first-order chi connectivity index (χ1) is 13.5. The third-order valence-electron chi connectivity index (χ3n) is 3.77. The maximum Gasteiger partial charge on any atom is 0.411 e. The van der Waals surface area contributed by atoms with Crippen LogP contribution in [0.4, 0.5) is 10.5 Å². The molecule has 0 bridgehead atoms. The van der Waals surface area contributed by atoms with Gasteiger partial charge in [-0.2, -0.15) is 0 Å². The standard InChI is InChI=1S/C20H16ClNO6/c1-2-26-20(25)22-15-6-7-16-13(9-18(23)28-17(16)10-15)11-27-19(24)12-4-3-5-14(21)8-12/h3-10H,2,11H2,1H3,(H,22,25). The van der Waals surface area contributed by atoms with Crippen LogP contribution in [-0.2, 0) is 16.1 Å². The van der Waals surface area contributed by atoms with Gasteiger partial charge >= 0.3 is 17.7 Å². The molecule has 3 rings (SSSR count). The molecule has 0 saturated carbocycles. The molecule has 0 unspecified atom stereocenters. The highest BCUT2D eigenvalue weighted by Gasteiger charge is 2.12. The second-order valence-electron chi connectivity index (χ2n) is 5.73. The lowest BCUT2D eigenvalue weighted by Crippen LogP contribution is -2.13. The number of halogens is 1. The molecule has 1 aromatic heterocycles. The van der Waals surface area contributed by atoms with Crippen molar-refractivity contribution >= 4 is 40.3 Å². The Morgan fingerprint density at radius 1 is 1.11 bits per heavy atom. The number of benzene rings is 2. The first-order valence-corrected chi connectivity index (χ1v) is 8.77. The highest BCUT2D eigenvalue weighted by Crippen LogP contribution is 2.22. The number of anilines is 1. The lowest BCUT2D eigenvalue weighted by molar-refractivity contribution is 0.0473. The second-order valence-corrected chi connectivity index (χ2v) is 6.17. The van der Waals surface area contributed by atoms with Crippen molar-refractivity contribution in [3.05, 3.63) is 75.1 Å². The smallest absolute Gasteiger partial charge is 0.411 e. The Balaban J connectivity index is 1.82. The molecule has 7 nitrogen and oxygen atoms in total. The van der Waals surface area contributed by atoms with Gasteiger partial charge < -0.3 is 13.9 Å². The molecule has 0 aliphatic carbocycles. The second kappa shape index (κ2) is 8.58. The predicted molar refractivity (Wildman–Crippen MR) is 104 cm³/mol.